The zero-order chi connectivity index (χ0) is 13.2. The van der Waals surface area contributed by atoms with E-state index in [1.54, 1.807) is 38.1 Å². The number of halogens is 1. The Bertz CT molecular complexity index is 413. The third-order valence-corrected chi connectivity index (χ3v) is 3.29. The summed E-state index contributed by atoms with van der Waals surface area (Å²) in [5.74, 6) is -2.12. The average Bonchev–Trinajstić information content (AvgIpc) is 2.15. The van der Waals surface area contributed by atoms with Crippen LogP contribution in [0.15, 0.2) is 24.3 Å². The Morgan fingerprint density at radius 1 is 1.35 bits per heavy atom. The van der Waals surface area contributed by atoms with E-state index in [4.69, 9.17) is 11.6 Å². The standard InChI is InChI=1S/C13H17ClO3/c1-8(2)11(12(15)16)13(3,17)9-6-4-5-7-10(9)14/h4-8,11,17H,1-3H3,(H,15,16). The van der Waals surface area contributed by atoms with Crippen molar-refractivity contribution in [3.63, 3.8) is 0 Å². The van der Waals surface area contributed by atoms with Gasteiger partial charge in [-0.05, 0) is 18.9 Å². The molecule has 0 radical (unpaired) electrons. The quantitative estimate of drug-likeness (QED) is 0.871. The van der Waals surface area contributed by atoms with Gasteiger partial charge in [0.1, 0.15) is 5.60 Å². The number of aliphatic carboxylic acids is 1. The lowest BCUT2D eigenvalue weighted by Crippen LogP contribution is -2.40. The van der Waals surface area contributed by atoms with Crippen molar-refractivity contribution in [2.45, 2.75) is 26.4 Å². The molecule has 2 unspecified atom stereocenters. The van der Waals surface area contributed by atoms with E-state index in [0.29, 0.717) is 10.6 Å². The Hall–Kier alpha value is -1.06. The molecule has 0 bridgehead atoms. The van der Waals surface area contributed by atoms with Gasteiger partial charge in [-0.3, -0.25) is 4.79 Å². The first-order valence-electron chi connectivity index (χ1n) is 5.48. The maximum atomic E-state index is 11.3. The Balaban J connectivity index is 3.26. The van der Waals surface area contributed by atoms with Gasteiger partial charge in [-0.25, -0.2) is 0 Å². The number of carboxylic acid groups (broad SMARTS) is 1. The molecule has 1 aromatic carbocycles. The number of hydrogen-bond acceptors (Lipinski definition) is 2. The number of rotatable bonds is 4. The van der Waals surface area contributed by atoms with Gasteiger partial charge >= 0.3 is 5.97 Å². The molecule has 1 aromatic rings. The zero-order valence-corrected chi connectivity index (χ0v) is 10.9. The summed E-state index contributed by atoms with van der Waals surface area (Å²) in [5, 5.41) is 20.1. The maximum absolute atomic E-state index is 11.3. The molecule has 0 fully saturated rings. The molecule has 0 aliphatic carbocycles. The monoisotopic (exact) mass is 256 g/mol. The summed E-state index contributed by atoms with van der Waals surface area (Å²) in [4.78, 5) is 11.3. The van der Waals surface area contributed by atoms with Gasteiger partial charge in [0.15, 0.2) is 0 Å². The fourth-order valence-corrected chi connectivity index (χ4v) is 2.54. The lowest BCUT2D eigenvalue weighted by atomic mass is 9.76. The van der Waals surface area contributed by atoms with Crippen LogP contribution in [-0.4, -0.2) is 16.2 Å². The molecular formula is C13H17ClO3. The molecule has 3 nitrogen and oxygen atoms in total. The van der Waals surface area contributed by atoms with Crippen LogP contribution in [0.1, 0.15) is 26.3 Å². The van der Waals surface area contributed by atoms with Crippen LogP contribution in [0.4, 0.5) is 0 Å². The largest absolute Gasteiger partial charge is 0.481 e. The summed E-state index contributed by atoms with van der Waals surface area (Å²) in [5.41, 5.74) is -1.04. The van der Waals surface area contributed by atoms with Crippen molar-refractivity contribution in [3.05, 3.63) is 34.9 Å². The van der Waals surface area contributed by atoms with Crippen LogP contribution in [0, 0.1) is 11.8 Å². The van der Waals surface area contributed by atoms with E-state index in [0.717, 1.165) is 0 Å². The van der Waals surface area contributed by atoms with Crippen molar-refractivity contribution in [2.75, 3.05) is 0 Å². The van der Waals surface area contributed by atoms with Crippen molar-refractivity contribution in [2.24, 2.45) is 11.8 Å². The number of carbonyl (C=O) groups is 1. The molecule has 0 heterocycles. The second-order valence-electron chi connectivity index (χ2n) is 4.69. The van der Waals surface area contributed by atoms with Crippen LogP contribution in [0.2, 0.25) is 5.02 Å². The van der Waals surface area contributed by atoms with E-state index in [2.05, 4.69) is 0 Å². The van der Waals surface area contributed by atoms with Gasteiger partial charge in [0, 0.05) is 10.6 Å². The molecule has 2 N–H and O–H groups in total. The first-order valence-corrected chi connectivity index (χ1v) is 5.86. The van der Waals surface area contributed by atoms with Crippen molar-refractivity contribution in [1.29, 1.82) is 0 Å². The molecule has 17 heavy (non-hydrogen) atoms. The molecule has 0 amide bonds. The van der Waals surface area contributed by atoms with Crippen LogP contribution >= 0.6 is 11.6 Å². The van der Waals surface area contributed by atoms with Gasteiger partial charge < -0.3 is 10.2 Å². The minimum atomic E-state index is -1.49. The molecule has 0 spiro atoms. The van der Waals surface area contributed by atoms with Crippen LogP contribution in [-0.2, 0) is 10.4 Å². The second kappa shape index (κ2) is 5.07. The molecule has 0 aliphatic rings. The Kier molecular flexibility index (Phi) is 4.17. The topological polar surface area (TPSA) is 57.5 Å². The summed E-state index contributed by atoms with van der Waals surface area (Å²) in [6, 6.07) is 6.77. The van der Waals surface area contributed by atoms with Crippen LogP contribution in [0.3, 0.4) is 0 Å². The van der Waals surface area contributed by atoms with Gasteiger partial charge in [-0.2, -0.15) is 0 Å². The lowest BCUT2D eigenvalue weighted by Gasteiger charge is -2.33. The van der Waals surface area contributed by atoms with E-state index in [1.807, 2.05) is 0 Å². The SMILES string of the molecule is CC(C)C(C(=O)O)C(C)(O)c1ccccc1Cl. The Morgan fingerprint density at radius 3 is 2.29 bits per heavy atom. The first-order chi connectivity index (χ1) is 7.78. The lowest BCUT2D eigenvalue weighted by molar-refractivity contribution is -0.155. The van der Waals surface area contributed by atoms with Gasteiger partial charge in [0.2, 0.25) is 0 Å². The molecule has 1 rings (SSSR count). The highest BCUT2D eigenvalue weighted by Gasteiger charge is 2.42. The minimum absolute atomic E-state index is 0.196. The van der Waals surface area contributed by atoms with E-state index in [-0.39, 0.29) is 5.92 Å². The normalized spacial score (nSPS) is 16.6. The fourth-order valence-electron chi connectivity index (χ4n) is 2.21. The van der Waals surface area contributed by atoms with Gasteiger partial charge in [-0.15, -0.1) is 0 Å². The van der Waals surface area contributed by atoms with Crippen molar-refractivity contribution in [1.82, 2.24) is 0 Å². The third-order valence-electron chi connectivity index (χ3n) is 2.96. The number of benzene rings is 1. The van der Waals surface area contributed by atoms with Gasteiger partial charge in [-0.1, -0.05) is 43.6 Å². The maximum Gasteiger partial charge on any atom is 0.310 e. The highest BCUT2D eigenvalue weighted by Crippen LogP contribution is 2.37. The molecule has 0 aliphatic heterocycles. The summed E-state index contributed by atoms with van der Waals surface area (Å²) < 4.78 is 0. The number of aliphatic hydroxyl groups is 1. The van der Waals surface area contributed by atoms with E-state index >= 15 is 0 Å². The first kappa shape index (κ1) is 14.0. The van der Waals surface area contributed by atoms with Crippen molar-refractivity contribution < 1.29 is 15.0 Å². The minimum Gasteiger partial charge on any atom is -0.481 e. The van der Waals surface area contributed by atoms with E-state index < -0.39 is 17.5 Å². The molecule has 0 saturated carbocycles. The van der Waals surface area contributed by atoms with Crippen LogP contribution < -0.4 is 0 Å². The number of carboxylic acids is 1. The van der Waals surface area contributed by atoms with Crippen LogP contribution in [0.25, 0.3) is 0 Å². The summed E-state index contributed by atoms with van der Waals surface area (Å²) in [6.07, 6.45) is 0. The zero-order valence-electron chi connectivity index (χ0n) is 10.1. The van der Waals surface area contributed by atoms with E-state index in [9.17, 15) is 15.0 Å². The molecule has 94 valence electrons. The summed E-state index contributed by atoms with van der Waals surface area (Å²) in [6.45, 7) is 5.03. The van der Waals surface area contributed by atoms with Gasteiger partial charge in [0.25, 0.3) is 0 Å². The third kappa shape index (κ3) is 2.79. The summed E-state index contributed by atoms with van der Waals surface area (Å²) in [7, 11) is 0. The Labute approximate surface area is 106 Å². The van der Waals surface area contributed by atoms with Gasteiger partial charge in [0.05, 0.1) is 5.92 Å². The average molecular weight is 257 g/mol. The van der Waals surface area contributed by atoms with Crippen LogP contribution in [0.5, 0.6) is 0 Å². The smallest absolute Gasteiger partial charge is 0.310 e. The highest BCUT2D eigenvalue weighted by atomic mass is 35.5. The Morgan fingerprint density at radius 2 is 1.88 bits per heavy atom. The molecule has 2 atom stereocenters. The molecule has 0 saturated heterocycles. The number of hydrogen-bond donors (Lipinski definition) is 2. The molecule has 4 heteroatoms. The second-order valence-corrected chi connectivity index (χ2v) is 5.09. The van der Waals surface area contributed by atoms with Crippen molar-refractivity contribution in [3.8, 4) is 0 Å². The molecule has 0 aromatic heterocycles. The fraction of sp³-hybridized carbons (Fsp3) is 0.462. The van der Waals surface area contributed by atoms with Crippen molar-refractivity contribution >= 4 is 17.6 Å². The predicted octanol–water partition coefficient (Wildman–Crippen LogP) is 2.90. The highest BCUT2D eigenvalue weighted by molar-refractivity contribution is 6.31. The summed E-state index contributed by atoms with van der Waals surface area (Å²) >= 11 is 6.01. The van der Waals surface area contributed by atoms with E-state index in [1.165, 1.54) is 6.92 Å². The predicted molar refractivity (Wildman–Crippen MR) is 67.0 cm³/mol. The molecular weight excluding hydrogens is 240 g/mol.